The lowest BCUT2D eigenvalue weighted by Gasteiger charge is -2.25. The highest BCUT2D eigenvalue weighted by molar-refractivity contribution is 7.17. The van der Waals surface area contributed by atoms with Gasteiger partial charge < -0.3 is 19.7 Å². The Morgan fingerprint density at radius 1 is 1.08 bits per heavy atom. The molecule has 4 rings (SSSR count). The van der Waals surface area contributed by atoms with E-state index in [1.807, 2.05) is 0 Å². The second kappa shape index (κ2) is 9.70. The van der Waals surface area contributed by atoms with Crippen molar-refractivity contribution in [2.75, 3.05) is 18.6 Å². The van der Waals surface area contributed by atoms with Gasteiger partial charge in [0.1, 0.15) is 4.88 Å². The fourth-order valence-corrected chi connectivity index (χ4v) is 5.81. The Morgan fingerprint density at radius 3 is 2.39 bits per heavy atom. The van der Waals surface area contributed by atoms with E-state index < -0.39 is 29.5 Å². The summed E-state index contributed by atoms with van der Waals surface area (Å²) in [7, 11) is 1.37. The van der Waals surface area contributed by atoms with Crippen LogP contribution in [0.5, 0.6) is 11.5 Å². The minimum atomic E-state index is -1.11. The van der Waals surface area contributed by atoms with E-state index in [0.717, 1.165) is 27.6 Å². The van der Waals surface area contributed by atoms with E-state index in [4.69, 9.17) is 9.47 Å². The number of nitrogens with zero attached hydrogens (tertiary/aromatic N) is 3. The number of hydrogen-bond donors (Lipinski definition) is 2. The molecule has 2 N–H and O–H groups in total. The van der Waals surface area contributed by atoms with E-state index in [1.54, 1.807) is 27.7 Å². The molecule has 1 atom stereocenters. The largest absolute Gasteiger partial charge is 0.504 e. The monoisotopic (exact) mass is 529 g/mol. The summed E-state index contributed by atoms with van der Waals surface area (Å²) < 4.78 is 10.3. The highest BCUT2D eigenvalue weighted by atomic mass is 32.1. The van der Waals surface area contributed by atoms with Crippen LogP contribution in [0.4, 0.5) is 5.13 Å². The number of esters is 1. The van der Waals surface area contributed by atoms with Crippen molar-refractivity contribution in [3.05, 3.63) is 61.2 Å². The van der Waals surface area contributed by atoms with Crippen molar-refractivity contribution < 1.29 is 34.1 Å². The summed E-state index contributed by atoms with van der Waals surface area (Å²) in [5.41, 5.74) is 1.04. The lowest BCUT2D eigenvalue weighted by molar-refractivity contribution is -0.117. The van der Waals surface area contributed by atoms with Gasteiger partial charge >= 0.3 is 5.97 Å². The standard InChI is InChI=1S/C24H23N3O7S2/c1-6-34-23(32)21-11(3)26-24(36-21)27-17(13-7-8-14(28)15(9-13)33-5)16(19(30)22(27)31)18(29)20-10(2)25-12(4)35-20/h7-9,17,28,30H,6H2,1-5H3. The van der Waals surface area contributed by atoms with Gasteiger partial charge in [0, 0.05) is 0 Å². The summed E-state index contributed by atoms with van der Waals surface area (Å²) in [6.45, 7) is 6.88. The SMILES string of the molecule is CCOC(=O)c1sc(N2C(=O)C(O)=C(C(=O)c3sc(C)nc3C)C2c2ccc(O)c(OC)c2)nc1C. The molecule has 3 heterocycles. The summed E-state index contributed by atoms with van der Waals surface area (Å²) in [5.74, 6) is -2.74. The van der Waals surface area contributed by atoms with Crippen molar-refractivity contribution in [3.8, 4) is 11.5 Å². The molecule has 0 saturated heterocycles. The van der Waals surface area contributed by atoms with Crippen molar-refractivity contribution >= 4 is 45.5 Å². The Labute approximate surface area is 214 Å². The van der Waals surface area contributed by atoms with Crippen LogP contribution in [-0.2, 0) is 9.53 Å². The summed E-state index contributed by atoms with van der Waals surface area (Å²) in [6, 6.07) is 3.26. The van der Waals surface area contributed by atoms with Crippen molar-refractivity contribution in [2.45, 2.75) is 33.7 Å². The van der Waals surface area contributed by atoms with Crippen LogP contribution in [0.3, 0.4) is 0 Å². The topological polar surface area (TPSA) is 139 Å². The summed E-state index contributed by atoms with van der Waals surface area (Å²) in [6.07, 6.45) is 0. The van der Waals surface area contributed by atoms with Crippen molar-refractivity contribution in [1.82, 2.24) is 9.97 Å². The molecule has 3 aromatic rings. The highest BCUT2D eigenvalue weighted by Gasteiger charge is 2.47. The normalized spacial score (nSPS) is 15.5. The third kappa shape index (κ3) is 4.22. The number of aryl methyl sites for hydroxylation is 3. The van der Waals surface area contributed by atoms with Crippen LogP contribution in [-0.4, -0.2) is 51.6 Å². The molecule has 1 aliphatic heterocycles. The average Bonchev–Trinajstić information content (AvgIpc) is 3.46. The van der Waals surface area contributed by atoms with Gasteiger partial charge in [-0.3, -0.25) is 14.5 Å². The Bertz CT molecular complexity index is 1420. The Kier molecular flexibility index (Phi) is 6.83. The van der Waals surface area contributed by atoms with Gasteiger partial charge in [-0.05, 0) is 45.4 Å². The quantitative estimate of drug-likeness (QED) is 0.340. The first kappa shape index (κ1) is 25.3. The van der Waals surface area contributed by atoms with Crippen LogP contribution in [0.25, 0.3) is 0 Å². The van der Waals surface area contributed by atoms with Gasteiger partial charge in [-0.25, -0.2) is 14.8 Å². The van der Waals surface area contributed by atoms with Gasteiger partial charge in [0.15, 0.2) is 22.4 Å². The van der Waals surface area contributed by atoms with Gasteiger partial charge in [-0.15, -0.1) is 11.3 Å². The van der Waals surface area contributed by atoms with Gasteiger partial charge in [0.25, 0.3) is 5.91 Å². The zero-order chi connectivity index (χ0) is 26.3. The number of ether oxygens (including phenoxy) is 2. The maximum atomic E-state index is 13.7. The van der Waals surface area contributed by atoms with Crippen LogP contribution < -0.4 is 9.64 Å². The maximum Gasteiger partial charge on any atom is 0.350 e. The van der Waals surface area contributed by atoms with Gasteiger partial charge in [-0.1, -0.05) is 17.4 Å². The van der Waals surface area contributed by atoms with E-state index in [9.17, 15) is 24.6 Å². The van der Waals surface area contributed by atoms with Gasteiger partial charge in [0.2, 0.25) is 5.78 Å². The van der Waals surface area contributed by atoms with Crippen LogP contribution in [0.1, 0.15) is 54.3 Å². The number of phenolic OH excluding ortho intramolecular Hbond substituents is 1. The number of aliphatic hydroxyl groups is 1. The molecule has 0 spiro atoms. The van der Waals surface area contributed by atoms with Gasteiger partial charge in [0.05, 0.1) is 46.6 Å². The number of Topliss-reactive ketones (excluding diaryl/α,β-unsaturated/α-hetero) is 1. The lowest BCUT2D eigenvalue weighted by Crippen LogP contribution is -2.31. The molecule has 2 aromatic heterocycles. The van der Waals surface area contributed by atoms with E-state index >= 15 is 0 Å². The third-order valence-electron chi connectivity index (χ3n) is 5.53. The first-order valence-corrected chi connectivity index (χ1v) is 12.5. The molecule has 12 heteroatoms. The summed E-state index contributed by atoms with van der Waals surface area (Å²) >= 11 is 2.08. The number of aromatic nitrogens is 2. The Hall–Kier alpha value is -3.77. The molecule has 1 amide bonds. The summed E-state index contributed by atoms with van der Waals surface area (Å²) in [5, 5.41) is 21.8. The molecule has 0 saturated carbocycles. The number of phenols is 1. The number of benzene rings is 1. The second-order valence-corrected chi connectivity index (χ2v) is 10.1. The van der Waals surface area contributed by atoms with E-state index in [2.05, 4.69) is 9.97 Å². The summed E-state index contributed by atoms with van der Waals surface area (Å²) in [4.78, 5) is 49.8. The zero-order valence-corrected chi connectivity index (χ0v) is 21.7. The molecule has 0 bridgehead atoms. The lowest BCUT2D eigenvalue weighted by atomic mass is 9.95. The highest BCUT2D eigenvalue weighted by Crippen LogP contribution is 2.45. The first-order chi connectivity index (χ1) is 17.1. The molecule has 1 aromatic carbocycles. The van der Waals surface area contributed by atoms with Crippen LogP contribution in [0.15, 0.2) is 29.5 Å². The van der Waals surface area contributed by atoms with Crippen molar-refractivity contribution in [2.24, 2.45) is 0 Å². The number of anilines is 1. The molecule has 0 aliphatic carbocycles. The number of ketones is 1. The number of methoxy groups -OCH3 is 1. The molecule has 188 valence electrons. The molecule has 1 unspecified atom stereocenters. The van der Waals surface area contributed by atoms with Crippen molar-refractivity contribution in [1.29, 1.82) is 0 Å². The smallest absolute Gasteiger partial charge is 0.350 e. The number of hydrogen-bond acceptors (Lipinski definition) is 11. The van der Waals surface area contributed by atoms with Crippen LogP contribution >= 0.6 is 22.7 Å². The first-order valence-electron chi connectivity index (χ1n) is 10.9. The van der Waals surface area contributed by atoms with E-state index in [0.29, 0.717) is 26.8 Å². The molecular weight excluding hydrogens is 506 g/mol. The molecule has 0 radical (unpaired) electrons. The Balaban J connectivity index is 1.90. The molecule has 10 nitrogen and oxygen atoms in total. The minimum Gasteiger partial charge on any atom is -0.504 e. The third-order valence-corrected chi connectivity index (χ3v) is 7.74. The number of carbonyl (C=O) groups is 3. The maximum absolute atomic E-state index is 13.7. The minimum absolute atomic E-state index is 0.101. The van der Waals surface area contributed by atoms with Crippen LogP contribution in [0, 0.1) is 20.8 Å². The van der Waals surface area contributed by atoms with Crippen LogP contribution in [0.2, 0.25) is 0 Å². The van der Waals surface area contributed by atoms with Crippen molar-refractivity contribution in [3.63, 3.8) is 0 Å². The van der Waals surface area contributed by atoms with Gasteiger partial charge in [-0.2, -0.15) is 0 Å². The Morgan fingerprint density at radius 2 is 1.78 bits per heavy atom. The number of thiazole rings is 2. The van der Waals surface area contributed by atoms with E-state index in [1.165, 1.54) is 25.3 Å². The average molecular weight is 530 g/mol. The second-order valence-electron chi connectivity index (χ2n) is 7.88. The number of aromatic hydroxyl groups is 1. The number of amides is 1. The molecule has 36 heavy (non-hydrogen) atoms. The number of carbonyl (C=O) groups excluding carboxylic acids is 3. The predicted octanol–water partition coefficient (Wildman–Crippen LogP) is 4.20. The van der Waals surface area contributed by atoms with E-state index in [-0.39, 0.29) is 33.7 Å². The predicted molar refractivity (Wildman–Crippen MR) is 133 cm³/mol. The fourth-order valence-electron chi connectivity index (χ4n) is 3.95. The number of aliphatic hydroxyl groups excluding tert-OH is 1. The molecular formula is C24H23N3O7S2. The molecule has 1 aliphatic rings. The number of rotatable bonds is 7. The zero-order valence-electron chi connectivity index (χ0n) is 20.1. The molecule has 0 fully saturated rings. The fraction of sp³-hybridized carbons (Fsp3) is 0.292.